The molecule has 0 unspecified atom stereocenters. The van der Waals surface area contributed by atoms with Crippen LogP contribution in [0.15, 0.2) is 66.7 Å². The summed E-state index contributed by atoms with van der Waals surface area (Å²) in [7, 11) is 1.96. The summed E-state index contributed by atoms with van der Waals surface area (Å²) in [5.74, 6) is -0.0614. The van der Waals surface area contributed by atoms with Crippen LogP contribution in [0.25, 0.3) is 27.5 Å². The van der Waals surface area contributed by atoms with Crippen molar-refractivity contribution in [1.29, 1.82) is 0 Å². The third-order valence-electron chi connectivity index (χ3n) is 8.72. The number of nitrogens with zero attached hydrogens (tertiary/aromatic N) is 5. The number of ether oxygens (including phenoxy) is 1. The maximum atomic E-state index is 15.3. The lowest BCUT2D eigenvalue weighted by molar-refractivity contribution is 0.102. The summed E-state index contributed by atoms with van der Waals surface area (Å²) in [5, 5.41) is 10.4. The Morgan fingerprint density at radius 3 is 2.73 bits per heavy atom. The Morgan fingerprint density at radius 1 is 1.08 bits per heavy atom. The van der Waals surface area contributed by atoms with Gasteiger partial charge in [-0.2, -0.15) is 5.10 Å². The molecule has 0 atom stereocenters. The van der Waals surface area contributed by atoms with Gasteiger partial charge < -0.3 is 14.6 Å². The first-order valence-corrected chi connectivity index (χ1v) is 15.9. The van der Waals surface area contributed by atoms with Crippen molar-refractivity contribution >= 4 is 50.7 Å². The molecule has 0 spiro atoms. The minimum atomic E-state index is -0.516. The highest BCUT2D eigenvalue weighted by molar-refractivity contribution is 6.30. The van der Waals surface area contributed by atoms with Crippen LogP contribution in [0.3, 0.4) is 0 Å². The van der Waals surface area contributed by atoms with E-state index in [2.05, 4.69) is 31.5 Å². The maximum absolute atomic E-state index is 15.3. The van der Waals surface area contributed by atoms with Gasteiger partial charge in [-0.25, -0.2) is 18.7 Å². The SMILES string of the molecule is Cc1cc(NC(=O)c2ccc3c(c2)nc(CN2CC=C(c4cccc(OCc5ccc(Cl)cc5F)n4)CC2)n3C)c(F)c2c(C)[nH]nc12. The van der Waals surface area contributed by atoms with Gasteiger partial charge in [0.25, 0.3) is 5.91 Å². The molecule has 0 bridgehead atoms. The highest BCUT2D eigenvalue weighted by Gasteiger charge is 2.20. The number of H-pyrrole nitrogens is 1. The van der Waals surface area contributed by atoms with Crippen LogP contribution in [-0.4, -0.2) is 48.6 Å². The first kappa shape index (κ1) is 31.5. The van der Waals surface area contributed by atoms with E-state index in [1.807, 2.05) is 36.7 Å². The van der Waals surface area contributed by atoms with Gasteiger partial charge in [-0.1, -0.05) is 29.8 Å². The summed E-state index contributed by atoms with van der Waals surface area (Å²) in [6.07, 6.45) is 2.94. The highest BCUT2D eigenvalue weighted by atomic mass is 35.5. The largest absolute Gasteiger partial charge is 0.473 e. The number of nitrogens with one attached hydrogen (secondary N) is 2. The number of aromatic amines is 1. The van der Waals surface area contributed by atoms with Gasteiger partial charge in [0.15, 0.2) is 5.82 Å². The molecule has 0 saturated heterocycles. The average molecular weight is 668 g/mol. The van der Waals surface area contributed by atoms with Crippen LogP contribution >= 0.6 is 11.6 Å². The molecule has 1 aliphatic heterocycles. The van der Waals surface area contributed by atoms with Crippen molar-refractivity contribution < 1.29 is 18.3 Å². The van der Waals surface area contributed by atoms with Crippen molar-refractivity contribution in [3.8, 4) is 5.88 Å². The Labute approximate surface area is 280 Å². The van der Waals surface area contributed by atoms with Crippen molar-refractivity contribution in [1.82, 2.24) is 29.6 Å². The first-order valence-electron chi connectivity index (χ1n) is 15.5. The number of halogens is 3. The van der Waals surface area contributed by atoms with E-state index < -0.39 is 17.5 Å². The molecule has 3 aromatic heterocycles. The van der Waals surface area contributed by atoms with Gasteiger partial charge in [0.2, 0.25) is 5.88 Å². The van der Waals surface area contributed by atoms with Crippen molar-refractivity contribution in [2.75, 3.05) is 18.4 Å². The predicted molar refractivity (Wildman–Crippen MR) is 182 cm³/mol. The second-order valence-electron chi connectivity index (χ2n) is 12.0. The van der Waals surface area contributed by atoms with E-state index >= 15 is 4.39 Å². The third-order valence-corrected chi connectivity index (χ3v) is 8.96. The number of pyridine rings is 1. The lowest BCUT2D eigenvalue weighted by Gasteiger charge is -2.25. The molecule has 3 aromatic carbocycles. The van der Waals surface area contributed by atoms with E-state index in [1.165, 1.54) is 6.07 Å². The number of amides is 1. The summed E-state index contributed by atoms with van der Waals surface area (Å²) in [6, 6.07) is 17.0. The van der Waals surface area contributed by atoms with Gasteiger partial charge in [0.05, 0.1) is 39.9 Å². The zero-order valence-corrected chi connectivity index (χ0v) is 27.3. The van der Waals surface area contributed by atoms with Gasteiger partial charge in [-0.3, -0.25) is 14.8 Å². The van der Waals surface area contributed by atoms with Crippen LogP contribution in [0.2, 0.25) is 5.02 Å². The predicted octanol–water partition coefficient (Wildman–Crippen LogP) is 7.51. The van der Waals surface area contributed by atoms with Crippen LogP contribution in [0.1, 0.15) is 45.1 Å². The molecule has 0 saturated carbocycles. The molecule has 12 heteroatoms. The van der Waals surface area contributed by atoms with Crippen molar-refractivity contribution in [2.45, 2.75) is 33.4 Å². The summed E-state index contributed by atoms with van der Waals surface area (Å²) in [4.78, 5) is 25.0. The van der Waals surface area contributed by atoms with Crippen LogP contribution in [0, 0.1) is 25.5 Å². The number of anilines is 1. The zero-order chi connectivity index (χ0) is 33.5. The number of aromatic nitrogens is 5. The van der Waals surface area contributed by atoms with Crippen molar-refractivity contribution in [2.24, 2.45) is 7.05 Å². The average Bonchev–Trinajstić information content (AvgIpc) is 3.62. The van der Waals surface area contributed by atoms with Crippen molar-refractivity contribution in [3.05, 3.63) is 117 Å². The Morgan fingerprint density at radius 2 is 1.94 bits per heavy atom. The number of aryl methyl sites for hydroxylation is 3. The molecule has 244 valence electrons. The number of hydrogen-bond donors (Lipinski definition) is 2. The molecule has 48 heavy (non-hydrogen) atoms. The molecule has 0 fully saturated rings. The lowest BCUT2D eigenvalue weighted by atomic mass is 10.0. The molecule has 4 heterocycles. The molecule has 9 nitrogen and oxygen atoms in total. The molecular formula is C36H32ClF2N7O2. The highest BCUT2D eigenvalue weighted by Crippen LogP contribution is 2.30. The molecular weight excluding hydrogens is 636 g/mol. The summed E-state index contributed by atoms with van der Waals surface area (Å²) >= 11 is 5.85. The number of fused-ring (bicyclic) bond motifs is 2. The molecule has 0 radical (unpaired) electrons. The van der Waals surface area contributed by atoms with Crippen LogP contribution in [-0.2, 0) is 20.2 Å². The van der Waals surface area contributed by atoms with Gasteiger partial charge in [0.1, 0.15) is 18.2 Å². The zero-order valence-electron chi connectivity index (χ0n) is 26.6. The van der Waals surface area contributed by atoms with Crippen LogP contribution in [0.5, 0.6) is 5.88 Å². The minimum absolute atomic E-state index is 0.0523. The van der Waals surface area contributed by atoms with Crippen LogP contribution < -0.4 is 10.1 Å². The quantitative estimate of drug-likeness (QED) is 0.174. The van der Waals surface area contributed by atoms with Gasteiger partial charge in [-0.15, -0.1) is 0 Å². The molecule has 2 N–H and O–H groups in total. The van der Waals surface area contributed by atoms with E-state index in [-0.39, 0.29) is 12.3 Å². The van der Waals surface area contributed by atoms with Gasteiger partial charge in [0, 0.05) is 48.0 Å². The van der Waals surface area contributed by atoms with E-state index in [0.717, 1.165) is 41.1 Å². The second-order valence-corrected chi connectivity index (χ2v) is 12.4. The van der Waals surface area contributed by atoms with E-state index in [1.54, 1.807) is 43.3 Å². The Bertz CT molecular complexity index is 2240. The van der Waals surface area contributed by atoms with E-state index in [4.69, 9.17) is 21.3 Å². The normalized spacial score (nSPS) is 13.7. The van der Waals surface area contributed by atoms with E-state index in [9.17, 15) is 9.18 Å². The van der Waals surface area contributed by atoms with Gasteiger partial charge >= 0.3 is 0 Å². The molecule has 1 aliphatic rings. The Hall–Kier alpha value is -5.13. The van der Waals surface area contributed by atoms with Gasteiger partial charge in [-0.05, 0) is 73.9 Å². The molecule has 0 aliphatic carbocycles. The maximum Gasteiger partial charge on any atom is 0.255 e. The monoisotopic (exact) mass is 667 g/mol. The second kappa shape index (κ2) is 12.8. The first-order chi connectivity index (χ1) is 23.1. The Kier molecular flexibility index (Phi) is 8.40. The van der Waals surface area contributed by atoms with Crippen LogP contribution in [0.4, 0.5) is 14.5 Å². The summed E-state index contributed by atoms with van der Waals surface area (Å²) in [6.45, 7) is 5.76. The summed E-state index contributed by atoms with van der Waals surface area (Å²) < 4.78 is 37.2. The Balaban J connectivity index is 1.01. The number of carbonyl (C=O) groups excluding carboxylic acids is 1. The summed E-state index contributed by atoms with van der Waals surface area (Å²) in [5.41, 5.74) is 6.33. The third kappa shape index (κ3) is 6.14. The number of benzene rings is 3. The number of imidazole rings is 1. The minimum Gasteiger partial charge on any atom is -0.473 e. The topological polar surface area (TPSA) is 101 Å². The fourth-order valence-corrected chi connectivity index (χ4v) is 6.19. The smallest absolute Gasteiger partial charge is 0.255 e. The van der Waals surface area contributed by atoms with Crippen molar-refractivity contribution in [3.63, 3.8) is 0 Å². The fraction of sp³-hybridized carbons (Fsp3) is 0.222. The number of carbonyl (C=O) groups is 1. The standard InChI is InChI=1S/C36H32ClF2N7O2/c1-20-15-29(34(39)33-21(2)43-44-35(20)33)42-36(47)23-8-10-30-28(16-23)40-31(45(30)3)18-46-13-11-22(12-14-46)27-5-4-6-32(41-27)48-19-24-7-9-25(37)17-26(24)38/h4-11,15-17H,12-14,18-19H2,1-3H3,(H,42,47)(H,43,44). The fourth-order valence-electron chi connectivity index (χ4n) is 6.04. The number of rotatable bonds is 8. The molecule has 7 rings (SSSR count). The van der Waals surface area contributed by atoms with E-state index in [0.29, 0.717) is 57.2 Å². The molecule has 1 amide bonds. The number of hydrogen-bond acceptors (Lipinski definition) is 6. The molecule has 6 aromatic rings. The lowest BCUT2D eigenvalue weighted by Crippen LogP contribution is -2.29.